The van der Waals surface area contributed by atoms with Gasteiger partial charge in [-0.05, 0) is 37.5 Å². The van der Waals surface area contributed by atoms with Gasteiger partial charge in [-0.25, -0.2) is 0 Å². The number of carbonyl (C=O) groups is 1. The maximum absolute atomic E-state index is 11.8. The van der Waals surface area contributed by atoms with Crippen LogP contribution in [-0.4, -0.2) is 18.6 Å². The molecule has 1 amide bonds. The van der Waals surface area contributed by atoms with E-state index in [1.54, 1.807) is 25.1 Å². The van der Waals surface area contributed by atoms with Crippen LogP contribution in [-0.2, 0) is 4.79 Å². The number of nitrogens with two attached hydrogens (primary N) is 1. The number of benzene rings is 1. The molecule has 0 spiro atoms. The molecule has 0 bridgehead atoms. The molecular weight excluding hydrogens is 264 g/mol. The number of hydrogen-bond acceptors (Lipinski definition) is 3. The Kier molecular flexibility index (Phi) is 5.96. The Morgan fingerprint density at radius 1 is 1.42 bits per heavy atom. The van der Waals surface area contributed by atoms with E-state index in [0.29, 0.717) is 28.9 Å². The number of anilines is 1. The second-order valence-corrected chi connectivity index (χ2v) is 5.33. The Balaban J connectivity index is 2.49. The van der Waals surface area contributed by atoms with Crippen molar-refractivity contribution in [1.29, 1.82) is 0 Å². The van der Waals surface area contributed by atoms with Crippen molar-refractivity contribution in [3.8, 4) is 5.75 Å². The quantitative estimate of drug-likeness (QED) is 0.790. The summed E-state index contributed by atoms with van der Waals surface area (Å²) in [6.45, 7) is 6.57. The lowest BCUT2D eigenvalue weighted by Crippen LogP contribution is -2.37. The summed E-state index contributed by atoms with van der Waals surface area (Å²) in [6.07, 6.45) is 0.356. The summed E-state index contributed by atoms with van der Waals surface area (Å²) >= 11 is 5.99. The lowest BCUT2D eigenvalue weighted by molar-refractivity contribution is -0.127. The molecule has 0 fully saturated rings. The molecule has 1 aromatic carbocycles. The molecule has 0 heterocycles. The highest BCUT2D eigenvalue weighted by Crippen LogP contribution is 2.27. The van der Waals surface area contributed by atoms with Gasteiger partial charge < -0.3 is 15.8 Å². The van der Waals surface area contributed by atoms with Gasteiger partial charge in [-0.2, -0.15) is 0 Å². The molecule has 0 aliphatic rings. The molecule has 0 radical (unpaired) electrons. The van der Waals surface area contributed by atoms with Crippen molar-refractivity contribution >= 4 is 23.2 Å². The summed E-state index contributed by atoms with van der Waals surface area (Å²) in [5.74, 6) is 0.874. The Hall–Kier alpha value is -1.42. The Labute approximate surface area is 119 Å². The van der Waals surface area contributed by atoms with Crippen LogP contribution in [0.25, 0.3) is 0 Å². The molecule has 19 heavy (non-hydrogen) atoms. The van der Waals surface area contributed by atoms with Gasteiger partial charge in [-0.15, -0.1) is 0 Å². The van der Waals surface area contributed by atoms with E-state index in [9.17, 15) is 4.79 Å². The summed E-state index contributed by atoms with van der Waals surface area (Å²) in [5, 5.41) is 3.24. The summed E-state index contributed by atoms with van der Waals surface area (Å²) in [5.41, 5.74) is 6.15. The van der Waals surface area contributed by atoms with E-state index < -0.39 is 6.10 Å². The third-order valence-corrected chi connectivity index (χ3v) is 2.95. The second kappa shape index (κ2) is 7.24. The molecule has 1 rings (SSSR count). The van der Waals surface area contributed by atoms with E-state index in [1.165, 1.54) is 0 Å². The molecule has 4 nitrogen and oxygen atoms in total. The summed E-state index contributed by atoms with van der Waals surface area (Å²) in [7, 11) is 0. The number of nitrogen functional groups attached to an aromatic ring is 1. The third-order valence-electron chi connectivity index (χ3n) is 2.65. The van der Waals surface area contributed by atoms with Gasteiger partial charge in [0, 0.05) is 12.2 Å². The van der Waals surface area contributed by atoms with Crippen molar-refractivity contribution < 1.29 is 9.53 Å². The average Bonchev–Trinajstić information content (AvgIpc) is 2.32. The highest BCUT2D eigenvalue weighted by molar-refractivity contribution is 6.32. The van der Waals surface area contributed by atoms with Crippen LogP contribution in [0.15, 0.2) is 18.2 Å². The molecule has 0 aromatic heterocycles. The molecule has 106 valence electrons. The fourth-order valence-corrected chi connectivity index (χ4v) is 1.72. The van der Waals surface area contributed by atoms with Crippen molar-refractivity contribution in [2.75, 3.05) is 12.3 Å². The van der Waals surface area contributed by atoms with Gasteiger partial charge in [-0.3, -0.25) is 4.79 Å². The van der Waals surface area contributed by atoms with Crippen LogP contribution >= 0.6 is 11.6 Å². The summed E-state index contributed by atoms with van der Waals surface area (Å²) < 4.78 is 5.52. The monoisotopic (exact) mass is 284 g/mol. The third kappa shape index (κ3) is 5.39. The Bertz CT molecular complexity index is 435. The molecule has 0 saturated carbocycles. The SMILES string of the molecule is CC(C)CCNC(=O)C(C)Oc1ccc(N)cc1Cl. The highest BCUT2D eigenvalue weighted by Gasteiger charge is 2.15. The van der Waals surface area contributed by atoms with E-state index in [-0.39, 0.29) is 5.91 Å². The first-order valence-corrected chi connectivity index (χ1v) is 6.77. The predicted molar refractivity (Wildman–Crippen MR) is 78.4 cm³/mol. The molecule has 3 N–H and O–H groups in total. The first-order valence-electron chi connectivity index (χ1n) is 6.39. The average molecular weight is 285 g/mol. The maximum atomic E-state index is 11.8. The first-order chi connectivity index (χ1) is 8.90. The first kappa shape index (κ1) is 15.6. The van der Waals surface area contributed by atoms with Crippen molar-refractivity contribution in [2.24, 2.45) is 5.92 Å². The van der Waals surface area contributed by atoms with Crippen molar-refractivity contribution in [2.45, 2.75) is 33.3 Å². The molecule has 1 atom stereocenters. The van der Waals surface area contributed by atoms with Crippen LogP contribution in [0.1, 0.15) is 27.2 Å². The van der Waals surface area contributed by atoms with Gasteiger partial charge in [0.2, 0.25) is 0 Å². The predicted octanol–water partition coefficient (Wildman–Crippen LogP) is 2.85. The van der Waals surface area contributed by atoms with E-state index >= 15 is 0 Å². The Morgan fingerprint density at radius 2 is 2.11 bits per heavy atom. The van der Waals surface area contributed by atoms with Gasteiger partial charge in [0.05, 0.1) is 5.02 Å². The fourth-order valence-electron chi connectivity index (χ4n) is 1.48. The topological polar surface area (TPSA) is 64.3 Å². The molecule has 5 heteroatoms. The minimum Gasteiger partial charge on any atom is -0.479 e. The van der Waals surface area contributed by atoms with Crippen molar-refractivity contribution in [3.63, 3.8) is 0 Å². The van der Waals surface area contributed by atoms with Crippen LogP contribution in [0.5, 0.6) is 5.75 Å². The zero-order chi connectivity index (χ0) is 14.4. The van der Waals surface area contributed by atoms with Crippen LogP contribution < -0.4 is 15.8 Å². The normalized spacial score (nSPS) is 12.3. The number of halogens is 1. The number of amides is 1. The van der Waals surface area contributed by atoms with Gasteiger partial charge in [0.15, 0.2) is 6.10 Å². The van der Waals surface area contributed by atoms with Crippen LogP contribution in [0, 0.1) is 5.92 Å². The molecule has 0 aliphatic carbocycles. The largest absolute Gasteiger partial charge is 0.479 e. The fraction of sp³-hybridized carbons (Fsp3) is 0.500. The van der Waals surface area contributed by atoms with Crippen LogP contribution in [0.4, 0.5) is 5.69 Å². The molecule has 0 aliphatic heterocycles. The van der Waals surface area contributed by atoms with E-state index in [1.807, 2.05) is 0 Å². The number of hydrogen-bond donors (Lipinski definition) is 2. The lowest BCUT2D eigenvalue weighted by Gasteiger charge is -2.16. The smallest absolute Gasteiger partial charge is 0.260 e. The minimum atomic E-state index is -0.590. The molecule has 0 saturated heterocycles. The van der Waals surface area contributed by atoms with Gasteiger partial charge in [0.25, 0.3) is 5.91 Å². The summed E-state index contributed by atoms with van der Waals surface area (Å²) in [4.78, 5) is 11.8. The zero-order valence-corrected chi connectivity index (χ0v) is 12.3. The zero-order valence-electron chi connectivity index (χ0n) is 11.6. The number of ether oxygens (including phenoxy) is 1. The van der Waals surface area contributed by atoms with Gasteiger partial charge in [-0.1, -0.05) is 25.4 Å². The van der Waals surface area contributed by atoms with Crippen molar-refractivity contribution in [1.82, 2.24) is 5.32 Å². The molecule has 1 aromatic rings. The minimum absolute atomic E-state index is 0.145. The van der Waals surface area contributed by atoms with E-state index in [0.717, 1.165) is 6.42 Å². The highest BCUT2D eigenvalue weighted by atomic mass is 35.5. The van der Waals surface area contributed by atoms with Gasteiger partial charge in [0.1, 0.15) is 5.75 Å². The Morgan fingerprint density at radius 3 is 2.68 bits per heavy atom. The van der Waals surface area contributed by atoms with E-state index in [4.69, 9.17) is 22.1 Å². The second-order valence-electron chi connectivity index (χ2n) is 4.92. The lowest BCUT2D eigenvalue weighted by atomic mass is 10.1. The maximum Gasteiger partial charge on any atom is 0.260 e. The number of nitrogens with one attached hydrogen (secondary N) is 1. The number of carbonyl (C=O) groups excluding carboxylic acids is 1. The molecule has 1 unspecified atom stereocenters. The van der Waals surface area contributed by atoms with Gasteiger partial charge >= 0.3 is 0 Å². The van der Waals surface area contributed by atoms with E-state index in [2.05, 4.69) is 19.2 Å². The summed E-state index contributed by atoms with van der Waals surface area (Å²) in [6, 6.07) is 4.94. The molecular formula is C14H21ClN2O2. The van der Waals surface area contributed by atoms with Crippen LogP contribution in [0.2, 0.25) is 5.02 Å². The number of rotatable bonds is 6. The van der Waals surface area contributed by atoms with Crippen LogP contribution in [0.3, 0.4) is 0 Å². The standard InChI is InChI=1S/C14H21ClN2O2/c1-9(2)6-7-17-14(18)10(3)19-13-5-4-11(16)8-12(13)15/h4-5,8-10H,6-7,16H2,1-3H3,(H,17,18). The van der Waals surface area contributed by atoms with Crippen molar-refractivity contribution in [3.05, 3.63) is 23.2 Å².